The fourth-order valence-electron chi connectivity index (χ4n) is 3.18. The smallest absolute Gasteiger partial charge is 0.452 e. The Kier molecular flexibility index (Phi) is 8.61. The number of Topliss-reactive ketones (excluding diaryl/α,β-unsaturated/α-hetero) is 1. The third-order valence-electron chi connectivity index (χ3n) is 4.68. The highest BCUT2D eigenvalue weighted by atomic mass is 19.4. The van der Waals surface area contributed by atoms with Gasteiger partial charge in [-0.15, -0.1) is 0 Å². The van der Waals surface area contributed by atoms with Crippen LogP contribution in [-0.4, -0.2) is 66.5 Å². The van der Waals surface area contributed by atoms with E-state index in [2.05, 4.69) is 15.4 Å². The van der Waals surface area contributed by atoms with Crippen LogP contribution >= 0.6 is 0 Å². The largest absolute Gasteiger partial charge is 0.453 e. The number of alkyl halides is 3. The van der Waals surface area contributed by atoms with Gasteiger partial charge in [-0.3, -0.25) is 19.3 Å². The zero-order valence-electron chi connectivity index (χ0n) is 17.1. The highest BCUT2D eigenvalue weighted by Gasteiger charge is 2.51. The van der Waals surface area contributed by atoms with Gasteiger partial charge in [0.2, 0.25) is 5.91 Å². The quantitative estimate of drug-likeness (QED) is 0.645. The summed E-state index contributed by atoms with van der Waals surface area (Å²) in [5.74, 6) is -5.76. The summed E-state index contributed by atoms with van der Waals surface area (Å²) in [5.41, 5.74) is 0. The van der Waals surface area contributed by atoms with Gasteiger partial charge in [0.25, 0.3) is 11.7 Å². The average Bonchev–Trinajstić information content (AvgIpc) is 3.15. The molecule has 0 aliphatic carbocycles. The van der Waals surface area contributed by atoms with Crippen molar-refractivity contribution in [3.05, 3.63) is 0 Å². The van der Waals surface area contributed by atoms with Crippen LogP contribution in [0.4, 0.5) is 18.0 Å². The minimum absolute atomic E-state index is 0.324. The van der Waals surface area contributed by atoms with Gasteiger partial charge in [-0.2, -0.15) is 13.2 Å². The molecule has 0 aromatic carbocycles. The molecule has 0 saturated carbocycles. The lowest BCUT2D eigenvalue weighted by Gasteiger charge is -2.36. The molecule has 0 aromatic heterocycles. The summed E-state index contributed by atoms with van der Waals surface area (Å²) in [7, 11) is 1.06. The fraction of sp³-hybridized carbons (Fsp3) is 0.778. The summed E-state index contributed by atoms with van der Waals surface area (Å²) in [5, 5.41) is 5.08. The van der Waals surface area contributed by atoms with E-state index in [-0.39, 0.29) is 0 Å². The number of imide groups is 1. The molecule has 1 aliphatic heterocycles. The van der Waals surface area contributed by atoms with Crippen molar-refractivity contribution in [2.24, 2.45) is 11.8 Å². The predicted octanol–water partition coefficient (Wildman–Crippen LogP) is 1.63. The maximum absolute atomic E-state index is 13.2. The zero-order valence-corrected chi connectivity index (χ0v) is 17.1. The molecule has 11 heteroatoms. The van der Waals surface area contributed by atoms with Crippen LogP contribution in [0.1, 0.15) is 40.5 Å². The lowest BCUT2D eigenvalue weighted by molar-refractivity contribution is -0.182. The van der Waals surface area contributed by atoms with Crippen LogP contribution < -0.4 is 10.6 Å². The molecule has 0 aromatic rings. The third-order valence-corrected chi connectivity index (χ3v) is 4.68. The standard InChI is InChI=1S/C18H28F3N3O5/c1-9(2)12(23-17(28)29-5)16(27)24(15(26)11-7-6-8-22-11)13(10(3)4)14(25)18(19,20)21/h9-13,22H,6-8H2,1-5H3,(H,23,28)/t11-,12-,13-/m0/s1. The number of carbonyl (C=O) groups excluding carboxylic acids is 4. The first-order valence-electron chi connectivity index (χ1n) is 9.38. The Labute approximate surface area is 167 Å². The number of hydrogen-bond acceptors (Lipinski definition) is 6. The summed E-state index contributed by atoms with van der Waals surface area (Å²) >= 11 is 0. The van der Waals surface area contributed by atoms with Crippen LogP contribution in [0.3, 0.4) is 0 Å². The van der Waals surface area contributed by atoms with Crippen LogP contribution in [0, 0.1) is 11.8 Å². The monoisotopic (exact) mass is 423 g/mol. The maximum atomic E-state index is 13.2. The number of ether oxygens (including phenoxy) is 1. The molecule has 1 fully saturated rings. The lowest BCUT2D eigenvalue weighted by atomic mass is 9.93. The molecule has 0 spiro atoms. The van der Waals surface area contributed by atoms with Crippen LogP contribution in [0.5, 0.6) is 0 Å². The first-order chi connectivity index (χ1) is 13.3. The highest BCUT2D eigenvalue weighted by Crippen LogP contribution is 2.27. The van der Waals surface area contributed by atoms with Gasteiger partial charge in [-0.25, -0.2) is 4.79 Å². The Morgan fingerprint density at radius 2 is 1.69 bits per heavy atom. The van der Waals surface area contributed by atoms with Crippen molar-refractivity contribution in [2.75, 3.05) is 13.7 Å². The second kappa shape index (κ2) is 10.0. The molecule has 1 aliphatic rings. The topological polar surface area (TPSA) is 105 Å². The van der Waals surface area contributed by atoms with E-state index in [1.807, 2.05) is 0 Å². The molecule has 0 unspecified atom stereocenters. The number of carbonyl (C=O) groups is 4. The van der Waals surface area contributed by atoms with Gasteiger partial charge in [0.1, 0.15) is 12.1 Å². The Balaban J connectivity index is 3.44. The van der Waals surface area contributed by atoms with Crippen molar-refractivity contribution in [3.63, 3.8) is 0 Å². The van der Waals surface area contributed by atoms with Gasteiger partial charge < -0.3 is 15.4 Å². The number of rotatable bonds is 7. The van der Waals surface area contributed by atoms with Crippen molar-refractivity contribution in [1.29, 1.82) is 0 Å². The van der Waals surface area contributed by atoms with Crippen molar-refractivity contribution >= 4 is 23.7 Å². The molecule has 3 amide bonds. The Morgan fingerprint density at radius 3 is 2.07 bits per heavy atom. The first kappa shape index (κ1) is 24.9. The SMILES string of the molecule is COC(=O)N[C@H](C(=O)N(C(=O)[C@@H]1CCCN1)[C@H](C(=O)C(F)(F)F)C(C)C)C(C)C. The van der Waals surface area contributed by atoms with Crippen LogP contribution in [-0.2, 0) is 19.1 Å². The van der Waals surface area contributed by atoms with Gasteiger partial charge in [0, 0.05) is 0 Å². The molecule has 0 radical (unpaired) electrons. The van der Waals surface area contributed by atoms with Crippen LogP contribution in [0.25, 0.3) is 0 Å². The molecule has 2 N–H and O–H groups in total. The predicted molar refractivity (Wildman–Crippen MR) is 96.7 cm³/mol. The summed E-state index contributed by atoms with van der Waals surface area (Å²) < 4.78 is 44.2. The molecule has 1 heterocycles. The minimum atomic E-state index is -5.24. The number of amides is 3. The van der Waals surface area contributed by atoms with Gasteiger partial charge in [0.15, 0.2) is 0 Å². The van der Waals surface area contributed by atoms with E-state index in [1.165, 1.54) is 13.8 Å². The molecule has 29 heavy (non-hydrogen) atoms. The fourth-order valence-corrected chi connectivity index (χ4v) is 3.18. The molecular formula is C18H28F3N3O5. The highest BCUT2D eigenvalue weighted by molar-refractivity contribution is 6.06. The van der Waals surface area contributed by atoms with Crippen molar-refractivity contribution in [2.45, 2.75) is 64.8 Å². The van der Waals surface area contributed by atoms with E-state index >= 15 is 0 Å². The molecular weight excluding hydrogens is 395 g/mol. The zero-order chi connectivity index (χ0) is 22.5. The Morgan fingerprint density at radius 1 is 1.10 bits per heavy atom. The van der Waals surface area contributed by atoms with E-state index in [0.29, 0.717) is 24.3 Å². The summed E-state index contributed by atoms with van der Waals surface area (Å²) in [6, 6.07) is -4.28. The second-order valence-corrected chi connectivity index (χ2v) is 7.60. The molecule has 3 atom stereocenters. The van der Waals surface area contributed by atoms with E-state index in [4.69, 9.17) is 0 Å². The number of hydrogen-bond donors (Lipinski definition) is 2. The van der Waals surface area contributed by atoms with Crippen molar-refractivity contribution < 1.29 is 37.1 Å². The van der Waals surface area contributed by atoms with Gasteiger partial charge in [0.05, 0.1) is 13.2 Å². The average molecular weight is 423 g/mol. The van der Waals surface area contributed by atoms with Crippen LogP contribution in [0.2, 0.25) is 0 Å². The number of alkyl carbamates (subject to hydrolysis) is 1. The van der Waals surface area contributed by atoms with E-state index < -0.39 is 59.8 Å². The number of nitrogens with zero attached hydrogens (tertiary/aromatic N) is 1. The molecule has 0 bridgehead atoms. The summed E-state index contributed by atoms with van der Waals surface area (Å²) in [6.45, 7) is 6.20. The normalized spacial score (nSPS) is 19.0. The van der Waals surface area contributed by atoms with Gasteiger partial charge in [-0.05, 0) is 31.2 Å². The first-order valence-corrected chi connectivity index (χ1v) is 9.38. The Bertz CT molecular complexity index is 631. The lowest BCUT2D eigenvalue weighted by Crippen LogP contribution is -2.63. The number of nitrogens with one attached hydrogen (secondary N) is 2. The van der Waals surface area contributed by atoms with Crippen molar-refractivity contribution in [1.82, 2.24) is 15.5 Å². The maximum Gasteiger partial charge on any atom is 0.452 e. The van der Waals surface area contributed by atoms with E-state index in [1.54, 1.807) is 13.8 Å². The number of ketones is 1. The number of halogens is 3. The Hall–Kier alpha value is -2.17. The van der Waals surface area contributed by atoms with Gasteiger partial charge in [-0.1, -0.05) is 27.7 Å². The third kappa shape index (κ3) is 6.15. The number of methoxy groups -OCH3 is 1. The second-order valence-electron chi connectivity index (χ2n) is 7.60. The molecule has 1 saturated heterocycles. The molecule has 1 rings (SSSR count). The van der Waals surface area contributed by atoms with Crippen LogP contribution in [0.15, 0.2) is 0 Å². The van der Waals surface area contributed by atoms with E-state index in [0.717, 1.165) is 7.11 Å². The summed E-state index contributed by atoms with van der Waals surface area (Å²) in [4.78, 5) is 50.4. The summed E-state index contributed by atoms with van der Waals surface area (Å²) in [6.07, 6.45) is -5.29. The minimum Gasteiger partial charge on any atom is -0.453 e. The molecule has 166 valence electrons. The van der Waals surface area contributed by atoms with Crippen molar-refractivity contribution in [3.8, 4) is 0 Å². The molecule has 8 nitrogen and oxygen atoms in total. The van der Waals surface area contributed by atoms with E-state index in [9.17, 15) is 32.3 Å². The van der Waals surface area contributed by atoms with Gasteiger partial charge >= 0.3 is 12.3 Å².